The molecule has 0 radical (unpaired) electrons. The predicted molar refractivity (Wildman–Crippen MR) is 103 cm³/mol. The van der Waals surface area contributed by atoms with Gasteiger partial charge in [0, 0.05) is 15.6 Å². The Balaban J connectivity index is 1.55. The first kappa shape index (κ1) is 16.4. The molecule has 1 amide bonds. The topological polar surface area (TPSA) is 77.2 Å². The number of nitrogens with two attached hydrogens (primary N) is 1. The number of aryl methyl sites for hydroxylation is 1. The van der Waals surface area contributed by atoms with Crippen LogP contribution in [0.3, 0.4) is 0 Å². The van der Waals surface area contributed by atoms with Crippen molar-refractivity contribution in [3.63, 3.8) is 0 Å². The van der Waals surface area contributed by atoms with Gasteiger partial charge in [-0.05, 0) is 43.2 Å². The summed E-state index contributed by atoms with van der Waals surface area (Å²) < 4.78 is 6.75. The van der Waals surface area contributed by atoms with Crippen LogP contribution in [0, 0.1) is 6.92 Å². The lowest BCUT2D eigenvalue weighted by Gasteiger charge is -2.26. The SMILES string of the molecule is Cc1ccc2c(N)c(C(=O)N[C@@H]3COc4cc(Br)ccc4C3)sc2n1. The summed E-state index contributed by atoms with van der Waals surface area (Å²) in [5.74, 6) is 0.688. The number of nitrogens with one attached hydrogen (secondary N) is 1. The van der Waals surface area contributed by atoms with E-state index in [4.69, 9.17) is 10.5 Å². The van der Waals surface area contributed by atoms with Crippen molar-refractivity contribution in [2.45, 2.75) is 19.4 Å². The molecule has 2 aromatic heterocycles. The quantitative estimate of drug-likeness (QED) is 0.666. The summed E-state index contributed by atoms with van der Waals surface area (Å²) in [7, 11) is 0. The lowest BCUT2D eigenvalue weighted by molar-refractivity contribution is 0.0920. The highest BCUT2D eigenvalue weighted by molar-refractivity contribution is 9.10. The third-order valence-corrected chi connectivity index (χ3v) is 5.82. The Morgan fingerprint density at radius 1 is 1.40 bits per heavy atom. The molecule has 0 fully saturated rings. The van der Waals surface area contributed by atoms with Crippen molar-refractivity contribution >= 4 is 49.1 Å². The van der Waals surface area contributed by atoms with Gasteiger partial charge in [0.25, 0.3) is 5.91 Å². The molecule has 0 unspecified atom stereocenters. The maximum atomic E-state index is 12.7. The monoisotopic (exact) mass is 417 g/mol. The molecule has 0 spiro atoms. The fraction of sp³-hybridized carbons (Fsp3) is 0.222. The fourth-order valence-electron chi connectivity index (χ4n) is 2.95. The van der Waals surface area contributed by atoms with E-state index in [1.807, 2.05) is 37.3 Å². The molecule has 0 aliphatic carbocycles. The van der Waals surface area contributed by atoms with Crippen molar-refractivity contribution in [2.75, 3.05) is 12.3 Å². The molecule has 1 aromatic carbocycles. The van der Waals surface area contributed by atoms with Gasteiger partial charge in [-0.25, -0.2) is 4.98 Å². The highest BCUT2D eigenvalue weighted by Gasteiger charge is 2.24. The molecule has 4 rings (SSSR count). The highest BCUT2D eigenvalue weighted by Crippen LogP contribution is 2.33. The molecule has 0 saturated carbocycles. The van der Waals surface area contributed by atoms with E-state index in [0.717, 1.165) is 38.1 Å². The van der Waals surface area contributed by atoms with E-state index in [1.54, 1.807) is 0 Å². The number of hydrogen-bond donors (Lipinski definition) is 2. The van der Waals surface area contributed by atoms with Crippen LogP contribution in [0.1, 0.15) is 20.9 Å². The third-order valence-electron chi connectivity index (χ3n) is 4.21. The maximum absolute atomic E-state index is 12.7. The number of anilines is 1. The van der Waals surface area contributed by atoms with E-state index in [1.165, 1.54) is 11.3 Å². The Morgan fingerprint density at radius 2 is 2.24 bits per heavy atom. The van der Waals surface area contributed by atoms with Gasteiger partial charge in [-0.2, -0.15) is 0 Å². The number of aromatic nitrogens is 1. The summed E-state index contributed by atoms with van der Waals surface area (Å²) in [5, 5.41) is 3.86. The number of hydrogen-bond acceptors (Lipinski definition) is 5. The number of fused-ring (bicyclic) bond motifs is 2. The molecular weight excluding hydrogens is 402 g/mol. The number of ether oxygens (including phenoxy) is 1. The van der Waals surface area contributed by atoms with Crippen LogP contribution < -0.4 is 15.8 Å². The number of halogens is 1. The minimum Gasteiger partial charge on any atom is -0.491 e. The van der Waals surface area contributed by atoms with Crippen molar-refractivity contribution in [3.8, 4) is 5.75 Å². The van der Waals surface area contributed by atoms with Gasteiger partial charge in [-0.15, -0.1) is 11.3 Å². The van der Waals surface area contributed by atoms with Crippen molar-refractivity contribution in [1.82, 2.24) is 10.3 Å². The standard InChI is InChI=1S/C18H16BrN3O2S/c1-9-2-5-13-15(20)16(25-18(13)21-9)17(23)22-12-6-10-3-4-11(19)7-14(10)24-8-12/h2-5,7,12H,6,8,20H2,1H3,(H,22,23)/t12-/m0/s1. The van der Waals surface area contributed by atoms with Gasteiger partial charge in [0.1, 0.15) is 22.1 Å². The summed E-state index contributed by atoms with van der Waals surface area (Å²) in [4.78, 5) is 18.4. The van der Waals surface area contributed by atoms with Crippen molar-refractivity contribution in [2.24, 2.45) is 0 Å². The van der Waals surface area contributed by atoms with E-state index >= 15 is 0 Å². The Morgan fingerprint density at radius 3 is 3.08 bits per heavy atom. The van der Waals surface area contributed by atoms with Crippen LogP contribution in [-0.2, 0) is 6.42 Å². The van der Waals surface area contributed by atoms with Crippen molar-refractivity contribution in [3.05, 3.63) is 50.9 Å². The van der Waals surface area contributed by atoms with Crippen LogP contribution in [0.15, 0.2) is 34.8 Å². The zero-order chi connectivity index (χ0) is 17.6. The Hall–Kier alpha value is -2.12. The average molecular weight is 418 g/mol. The molecule has 5 nitrogen and oxygen atoms in total. The molecule has 128 valence electrons. The first-order valence-electron chi connectivity index (χ1n) is 7.89. The number of benzene rings is 1. The van der Waals surface area contributed by atoms with Crippen LogP contribution in [0.25, 0.3) is 10.2 Å². The van der Waals surface area contributed by atoms with Gasteiger partial charge >= 0.3 is 0 Å². The largest absolute Gasteiger partial charge is 0.491 e. The van der Waals surface area contributed by atoms with Crippen LogP contribution in [-0.4, -0.2) is 23.5 Å². The lowest BCUT2D eigenvalue weighted by atomic mass is 10.0. The highest BCUT2D eigenvalue weighted by atomic mass is 79.9. The number of carbonyl (C=O) groups excluding carboxylic acids is 1. The number of amides is 1. The Kier molecular flexibility index (Phi) is 4.13. The number of thiophene rings is 1. The minimum absolute atomic E-state index is 0.0829. The first-order valence-corrected chi connectivity index (χ1v) is 9.50. The van der Waals surface area contributed by atoms with E-state index in [2.05, 4.69) is 26.2 Å². The van der Waals surface area contributed by atoms with Gasteiger partial charge in [0.05, 0.1) is 11.7 Å². The second-order valence-corrected chi connectivity index (χ2v) is 8.00. The van der Waals surface area contributed by atoms with Gasteiger partial charge in [0.15, 0.2) is 0 Å². The molecule has 3 heterocycles. The smallest absolute Gasteiger partial charge is 0.263 e. The molecule has 0 bridgehead atoms. The lowest BCUT2D eigenvalue weighted by Crippen LogP contribution is -2.42. The van der Waals surface area contributed by atoms with E-state index in [-0.39, 0.29) is 11.9 Å². The molecule has 1 aliphatic rings. The molecule has 0 saturated heterocycles. The zero-order valence-electron chi connectivity index (χ0n) is 13.5. The van der Waals surface area contributed by atoms with Crippen LogP contribution >= 0.6 is 27.3 Å². The molecular formula is C18H16BrN3O2S. The van der Waals surface area contributed by atoms with Gasteiger partial charge in [-0.3, -0.25) is 4.79 Å². The summed E-state index contributed by atoms with van der Waals surface area (Å²) in [6.45, 7) is 2.36. The molecule has 3 N–H and O–H groups in total. The van der Waals surface area contributed by atoms with E-state index in [9.17, 15) is 4.79 Å². The molecule has 1 atom stereocenters. The maximum Gasteiger partial charge on any atom is 0.263 e. The summed E-state index contributed by atoms with van der Waals surface area (Å²) >= 11 is 4.77. The summed E-state index contributed by atoms with van der Waals surface area (Å²) in [6.07, 6.45) is 0.733. The van der Waals surface area contributed by atoms with Crippen LogP contribution in [0.5, 0.6) is 5.75 Å². The fourth-order valence-corrected chi connectivity index (χ4v) is 4.33. The van der Waals surface area contributed by atoms with E-state index < -0.39 is 0 Å². The van der Waals surface area contributed by atoms with Gasteiger partial charge in [-0.1, -0.05) is 22.0 Å². The first-order chi connectivity index (χ1) is 12.0. The molecule has 7 heteroatoms. The predicted octanol–water partition coefficient (Wildman–Crippen LogP) is 3.68. The Bertz CT molecular complexity index is 986. The summed E-state index contributed by atoms with van der Waals surface area (Å²) in [6, 6.07) is 9.67. The zero-order valence-corrected chi connectivity index (χ0v) is 15.9. The van der Waals surface area contributed by atoms with Gasteiger partial charge in [0.2, 0.25) is 0 Å². The third kappa shape index (κ3) is 3.09. The average Bonchev–Trinajstić information content (AvgIpc) is 2.91. The number of nitrogens with zero attached hydrogens (tertiary/aromatic N) is 1. The van der Waals surface area contributed by atoms with Gasteiger partial charge < -0.3 is 15.8 Å². The minimum atomic E-state index is -0.174. The number of nitrogen functional groups attached to an aromatic ring is 1. The number of rotatable bonds is 2. The second-order valence-electron chi connectivity index (χ2n) is 6.09. The van der Waals surface area contributed by atoms with Crippen LogP contribution in [0.4, 0.5) is 5.69 Å². The van der Waals surface area contributed by atoms with Crippen LogP contribution in [0.2, 0.25) is 0 Å². The number of carbonyl (C=O) groups is 1. The number of pyridine rings is 1. The van der Waals surface area contributed by atoms with E-state index in [0.29, 0.717) is 17.2 Å². The molecule has 25 heavy (non-hydrogen) atoms. The van der Waals surface area contributed by atoms with Crippen molar-refractivity contribution in [1.29, 1.82) is 0 Å². The Labute approximate surface area is 157 Å². The normalized spacial score (nSPS) is 16.3. The second kappa shape index (κ2) is 6.31. The van der Waals surface area contributed by atoms with Crippen molar-refractivity contribution < 1.29 is 9.53 Å². The molecule has 3 aromatic rings. The molecule has 1 aliphatic heterocycles. The summed E-state index contributed by atoms with van der Waals surface area (Å²) in [5.41, 5.74) is 8.64.